The van der Waals surface area contributed by atoms with E-state index < -0.39 is 5.97 Å². The Labute approximate surface area is 118 Å². The van der Waals surface area contributed by atoms with E-state index in [-0.39, 0.29) is 17.3 Å². The highest BCUT2D eigenvalue weighted by Crippen LogP contribution is 2.30. The van der Waals surface area contributed by atoms with E-state index in [0.29, 0.717) is 5.82 Å². The molecule has 19 heavy (non-hydrogen) atoms. The molecular weight excluding hydrogens is 336 g/mol. The van der Waals surface area contributed by atoms with Crippen LogP contribution >= 0.6 is 27.3 Å². The topological polar surface area (TPSA) is 105 Å². The molecule has 0 radical (unpaired) electrons. The summed E-state index contributed by atoms with van der Waals surface area (Å²) in [5, 5.41) is 12.8. The Morgan fingerprint density at radius 2 is 2.32 bits per heavy atom. The van der Waals surface area contributed by atoms with Gasteiger partial charge in [-0.1, -0.05) is 5.16 Å². The number of rotatable bonds is 3. The number of H-pyrrole nitrogens is 1. The van der Waals surface area contributed by atoms with Gasteiger partial charge in [0.1, 0.15) is 5.69 Å². The second-order valence-electron chi connectivity index (χ2n) is 3.46. The number of hydrogen-bond acceptors (Lipinski definition) is 6. The normalized spacial score (nSPS) is 10.8. The van der Waals surface area contributed by atoms with Gasteiger partial charge >= 0.3 is 5.97 Å². The summed E-state index contributed by atoms with van der Waals surface area (Å²) in [5.41, 5.74) is 0.0458. The highest BCUT2D eigenvalue weighted by molar-refractivity contribution is 9.11. The van der Waals surface area contributed by atoms with Gasteiger partial charge in [0.25, 0.3) is 5.89 Å². The number of thiophene rings is 1. The van der Waals surface area contributed by atoms with Gasteiger partial charge in [-0.2, -0.15) is 4.98 Å². The maximum atomic E-state index is 11.0. The molecular formula is C10H5BrN4O3S. The van der Waals surface area contributed by atoms with Gasteiger partial charge in [0, 0.05) is 0 Å². The van der Waals surface area contributed by atoms with Crippen molar-refractivity contribution in [3.63, 3.8) is 0 Å². The van der Waals surface area contributed by atoms with Crippen molar-refractivity contribution >= 4 is 33.2 Å². The van der Waals surface area contributed by atoms with Crippen molar-refractivity contribution in [2.45, 2.75) is 0 Å². The van der Waals surface area contributed by atoms with Crippen LogP contribution in [0.3, 0.4) is 0 Å². The number of nitrogens with zero attached hydrogens (tertiary/aromatic N) is 3. The summed E-state index contributed by atoms with van der Waals surface area (Å²) in [4.78, 5) is 22.3. The lowest BCUT2D eigenvalue weighted by atomic mass is 10.3. The maximum absolute atomic E-state index is 11.0. The predicted molar refractivity (Wildman–Crippen MR) is 69.9 cm³/mol. The third-order valence-electron chi connectivity index (χ3n) is 2.28. The van der Waals surface area contributed by atoms with Crippen molar-refractivity contribution in [1.29, 1.82) is 0 Å². The zero-order valence-electron chi connectivity index (χ0n) is 9.12. The molecule has 3 aromatic heterocycles. The first-order chi connectivity index (χ1) is 9.15. The molecule has 0 aliphatic heterocycles. The van der Waals surface area contributed by atoms with Crippen LogP contribution in [0.5, 0.6) is 0 Å². The molecule has 0 saturated carbocycles. The Hall–Kier alpha value is -2.00. The number of carboxylic acid groups (broad SMARTS) is 1. The van der Waals surface area contributed by atoms with Crippen molar-refractivity contribution in [3.05, 3.63) is 27.9 Å². The van der Waals surface area contributed by atoms with Crippen LogP contribution in [0.25, 0.3) is 22.3 Å². The van der Waals surface area contributed by atoms with E-state index in [1.807, 2.05) is 12.1 Å². The third-order valence-corrected chi connectivity index (χ3v) is 3.89. The largest absolute Gasteiger partial charge is 0.476 e. The Bertz CT molecular complexity index is 747. The van der Waals surface area contributed by atoms with E-state index in [4.69, 9.17) is 9.63 Å². The van der Waals surface area contributed by atoms with Crippen LogP contribution in [0.1, 0.15) is 10.5 Å². The van der Waals surface area contributed by atoms with Crippen molar-refractivity contribution in [2.75, 3.05) is 0 Å². The van der Waals surface area contributed by atoms with Crippen LogP contribution in [0, 0.1) is 0 Å². The summed E-state index contributed by atoms with van der Waals surface area (Å²) in [6, 6.07) is 3.71. The van der Waals surface area contributed by atoms with E-state index in [9.17, 15) is 4.79 Å². The van der Waals surface area contributed by atoms with Gasteiger partial charge in [-0.25, -0.2) is 9.78 Å². The van der Waals surface area contributed by atoms with Gasteiger partial charge < -0.3 is 14.6 Å². The number of hydrogen-bond donors (Lipinski definition) is 2. The smallest absolute Gasteiger partial charge is 0.356 e. The Kier molecular flexibility index (Phi) is 2.91. The first-order valence-electron chi connectivity index (χ1n) is 5.01. The Morgan fingerprint density at radius 1 is 1.47 bits per heavy atom. The first-order valence-corrected chi connectivity index (χ1v) is 6.62. The molecule has 3 rings (SSSR count). The van der Waals surface area contributed by atoms with E-state index >= 15 is 0 Å². The highest BCUT2D eigenvalue weighted by Gasteiger charge is 2.20. The van der Waals surface area contributed by atoms with E-state index in [1.54, 1.807) is 0 Å². The predicted octanol–water partition coefficient (Wildman–Crippen LogP) is 2.65. The maximum Gasteiger partial charge on any atom is 0.356 e. The van der Waals surface area contributed by atoms with Crippen molar-refractivity contribution < 1.29 is 14.4 Å². The van der Waals surface area contributed by atoms with Crippen molar-refractivity contribution in [1.82, 2.24) is 20.1 Å². The van der Waals surface area contributed by atoms with Gasteiger partial charge in [-0.15, -0.1) is 11.3 Å². The molecule has 0 bridgehead atoms. The monoisotopic (exact) mass is 340 g/mol. The molecule has 0 saturated heterocycles. The van der Waals surface area contributed by atoms with E-state index in [1.165, 1.54) is 17.7 Å². The van der Waals surface area contributed by atoms with Gasteiger partial charge in [0.15, 0.2) is 5.69 Å². The quantitative estimate of drug-likeness (QED) is 0.759. The molecule has 0 atom stereocenters. The number of carbonyl (C=O) groups is 1. The van der Waals surface area contributed by atoms with Crippen molar-refractivity contribution in [3.8, 4) is 22.3 Å². The fraction of sp³-hybridized carbons (Fsp3) is 0. The van der Waals surface area contributed by atoms with E-state index in [0.717, 1.165) is 8.66 Å². The molecule has 0 fully saturated rings. The molecule has 0 aliphatic rings. The minimum atomic E-state index is -1.16. The second-order valence-corrected chi connectivity index (χ2v) is 5.92. The molecule has 3 aromatic rings. The summed E-state index contributed by atoms with van der Waals surface area (Å²) < 4.78 is 6.01. The molecule has 0 aliphatic carbocycles. The number of carboxylic acids is 1. The molecule has 3 heterocycles. The molecule has 2 N–H and O–H groups in total. The summed E-state index contributed by atoms with van der Waals surface area (Å²) >= 11 is 4.80. The van der Waals surface area contributed by atoms with Gasteiger partial charge in [-0.3, -0.25) is 0 Å². The molecule has 0 spiro atoms. The number of aromatic nitrogens is 4. The minimum Gasteiger partial charge on any atom is -0.476 e. The van der Waals surface area contributed by atoms with Crippen LogP contribution in [0.4, 0.5) is 0 Å². The van der Waals surface area contributed by atoms with Crippen LogP contribution in [0.15, 0.2) is 26.8 Å². The molecule has 0 amide bonds. The fourth-order valence-corrected chi connectivity index (χ4v) is 2.79. The summed E-state index contributed by atoms with van der Waals surface area (Å²) in [6.07, 6.45) is 1.27. The zero-order valence-corrected chi connectivity index (χ0v) is 11.5. The highest BCUT2D eigenvalue weighted by atomic mass is 79.9. The molecule has 96 valence electrons. The second kappa shape index (κ2) is 4.59. The minimum absolute atomic E-state index is 0.0921. The number of nitrogens with one attached hydrogen (secondary N) is 1. The number of imidazole rings is 1. The standard InChI is InChI=1S/C10H5BrN4O3S/c11-5-2-1-4(19-5)8-14-9(18-15-8)6-7(10(16)17)13-3-12-6/h1-3H,(H,12,13)(H,16,17). The average Bonchev–Trinajstić information content (AvgIpc) is 3.07. The Balaban J connectivity index is 2.01. The third kappa shape index (κ3) is 2.17. The van der Waals surface area contributed by atoms with Crippen LogP contribution in [-0.4, -0.2) is 31.2 Å². The Morgan fingerprint density at radius 3 is 3.00 bits per heavy atom. The van der Waals surface area contributed by atoms with Crippen LogP contribution in [0.2, 0.25) is 0 Å². The van der Waals surface area contributed by atoms with Crippen LogP contribution in [-0.2, 0) is 0 Å². The summed E-state index contributed by atoms with van der Waals surface area (Å²) in [7, 11) is 0. The number of aromatic amines is 1. The summed E-state index contributed by atoms with van der Waals surface area (Å²) in [5.74, 6) is -0.666. The number of halogens is 1. The molecule has 0 aromatic carbocycles. The van der Waals surface area contributed by atoms with E-state index in [2.05, 4.69) is 36.0 Å². The van der Waals surface area contributed by atoms with Gasteiger partial charge in [0.05, 0.1) is 15.0 Å². The molecule has 0 unspecified atom stereocenters. The first kappa shape index (κ1) is 12.1. The fourth-order valence-electron chi connectivity index (χ4n) is 1.48. The molecule has 7 nitrogen and oxygen atoms in total. The van der Waals surface area contributed by atoms with Crippen molar-refractivity contribution in [2.24, 2.45) is 0 Å². The summed E-state index contributed by atoms with van der Waals surface area (Å²) in [6.45, 7) is 0. The van der Waals surface area contributed by atoms with Crippen LogP contribution < -0.4 is 0 Å². The lowest BCUT2D eigenvalue weighted by Crippen LogP contribution is -1.99. The number of aromatic carboxylic acids is 1. The SMILES string of the molecule is O=C(O)c1nc[nH]c1-c1nc(-c2ccc(Br)s2)no1. The lowest BCUT2D eigenvalue weighted by Gasteiger charge is -1.90. The van der Waals surface area contributed by atoms with Gasteiger partial charge in [-0.05, 0) is 28.1 Å². The zero-order chi connectivity index (χ0) is 13.4. The van der Waals surface area contributed by atoms with Gasteiger partial charge in [0.2, 0.25) is 5.82 Å². The molecule has 9 heteroatoms. The lowest BCUT2D eigenvalue weighted by molar-refractivity contribution is 0.0691. The average molecular weight is 341 g/mol.